The summed E-state index contributed by atoms with van der Waals surface area (Å²) in [6, 6.07) is 18.8. The van der Waals surface area contributed by atoms with Crippen molar-refractivity contribution in [2.75, 3.05) is 6.61 Å². The molecule has 0 N–H and O–H groups in total. The maximum absolute atomic E-state index is 5.92. The number of hydrogen-bond acceptors (Lipinski definition) is 1. The number of rotatable bonds is 10. The molecule has 25 heavy (non-hydrogen) atoms. The van der Waals surface area contributed by atoms with Crippen LogP contribution in [-0.2, 0) is 4.74 Å². The van der Waals surface area contributed by atoms with Crippen LogP contribution in [0.25, 0.3) is 16.9 Å². The summed E-state index contributed by atoms with van der Waals surface area (Å²) in [6.45, 7) is 11.8. The Labute approximate surface area is 153 Å². The lowest BCUT2D eigenvalue weighted by atomic mass is 9.98. The van der Waals surface area contributed by atoms with Gasteiger partial charge >= 0.3 is 0 Å². The second-order valence-electron chi connectivity index (χ2n) is 7.44. The van der Waals surface area contributed by atoms with Crippen LogP contribution in [0.5, 0.6) is 0 Å². The lowest BCUT2D eigenvalue weighted by Gasteiger charge is -2.15. The Morgan fingerprint density at radius 3 is 2.32 bits per heavy atom. The molecular weight excluding hydrogens is 304 g/mol. The third-order valence-electron chi connectivity index (χ3n) is 4.66. The molecular formula is C24H32O. The number of ether oxygens (including phenoxy) is 1. The molecule has 0 saturated heterocycles. The smallest absolute Gasteiger partial charge is 0.119 e. The van der Waals surface area contributed by atoms with Gasteiger partial charge in [0.25, 0.3) is 0 Å². The molecule has 134 valence electrons. The average Bonchev–Trinajstić information content (AvgIpc) is 2.62. The van der Waals surface area contributed by atoms with Crippen molar-refractivity contribution in [1.82, 2.24) is 0 Å². The third kappa shape index (κ3) is 6.78. The van der Waals surface area contributed by atoms with E-state index < -0.39 is 0 Å². The SMILES string of the molecule is C=C(OCCC(C)CCCC(C)C)c1cccc(-c2ccccc2)c1. The van der Waals surface area contributed by atoms with Crippen molar-refractivity contribution in [1.29, 1.82) is 0 Å². The van der Waals surface area contributed by atoms with Crippen molar-refractivity contribution in [3.05, 3.63) is 66.7 Å². The lowest BCUT2D eigenvalue weighted by molar-refractivity contribution is 0.244. The Balaban J connectivity index is 1.81. The Hall–Kier alpha value is -2.02. The lowest BCUT2D eigenvalue weighted by Crippen LogP contribution is -2.02. The summed E-state index contributed by atoms with van der Waals surface area (Å²) in [5, 5.41) is 0. The van der Waals surface area contributed by atoms with Crippen LogP contribution in [0.15, 0.2) is 61.2 Å². The molecule has 0 amide bonds. The molecule has 0 aliphatic carbocycles. The maximum Gasteiger partial charge on any atom is 0.119 e. The monoisotopic (exact) mass is 336 g/mol. The van der Waals surface area contributed by atoms with Gasteiger partial charge < -0.3 is 4.74 Å². The highest BCUT2D eigenvalue weighted by Crippen LogP contribution is 2.24. The predicted octanol–water partition coefficient (Wildman–Crippen LogP) is 7.19. The first-order chi connectivity index (χ1) is 12.1. The molecule has 0 bridgehead atoms. The zero-order valence-electron chi connectivity index (χ0n) is 16.0. The molecule has 0 heterocycles. The van der Waals surface area contributed by atoms with Gasteiger partial charge in [0.1, 0.15) is 5.76 Å². The van der Waals surface area contributed by atoms with Crippen LogP contribution < -0.4 is 0 Å². The highest BCUT2D eigenvalue weighted by atomic mass is 16.5. The maximum atomic E-state index is 5.92. The predicted molar refractivity (Wildman–Crippen MR) is 109 cm³/mol. The summed E-state index contributed by atoms with van der Waals surface area (Å²) in [7, 11) is 0. The largest absolute Gasteiger partial charge is 0.494 e. The van der Waals surface area contributed by atoms with Gasteiger partial charge in [-0.25, -0.2) is 0 Å². The first-order valence-electron chi connectivity index (χ1n) is 9.54. The topological polar surface area (TPSA) is 9.23 Å². The van der Waals surface area contributed by atoms with Gasteiger partial charge in [-0.1, -0.05) is 95.1 Å². The van der Waals surface area contributed by atoms with E-state index in [0.29, 0.717) is 5.92 Å². The molecule has 1 unspecified atom stereocenters. The van der Waals surface area contributed by atoms with Crippen molar-refractivity contribution in [2.24, 2.45) is 11.8 Å². The second-order valence-corrected chi connectivity index (χ2v) is 7.44. The first-order valence-corrected chi connectivity index (χ1v) is 9.54. The van der Waals surface area contributed by atoms with Crippen LogP contribution in [0.1, 0.15) is 52.0 Å². The van der Waals surface area contributed by atoms with Gasteiger partial charge in [-0.15, -0.1) is 0 Å². The summed E-state index contributed by atoms with van der Waals surface area (Å²) >= 11 is 0. The van der Waals surface area contributed by atoms with Gasteiger partial charge in [0.15, 0.2) is 0 Å². The van der Waals surface area contributed by atoms with Gasteiger partial charge in [0.2, 0.25) is 0 Å². The fourth-order valence-corrected chi connectivity index (χ4v) is 2.99. The number of hydrogen-bond donors (Lipinski definition) is 0. The quantitative estimate of drug-likeness (QED) is 0.417. The minimum Gasteiger partial charge on any atom is -0.494 e. The number of benzene rings is 2. The average molecular weight is 337 g/mol. The zero-order valence-corrected chi connectivity index (χ0v) is 16.0. The van der Waals surface area contributed by atoms with Gasteiger partial charge in [-0.3, -0.25) is 0 Å². The van der Waals surface area contributed by atoms with E-state index in [0.717, 1.165) is 30.3 Å². The van der Waals surface area contributed by atoms with Gasteiger partial charge in [0, 0.05) is 5.56 Å². The van der Waals surface area contributed by atoms with E-state index in [1.54, 1.807) is 0 Å². The molecule has 2 aromatic carbocycles. The van der Waals surface area contributed by atoms with Crippen molar-refractivity contribution in [3.8, 4) is 11.1 Å². The summed E-state index contributed by atoms with van der Waals surface area (Å²) in [5.74, 6) is 2.29. The minimum absolute atomic E-state index is 0.710. The summed E-state index contributed by atoms with van der Waals surface area (Å²) in [4.78, 5) is 0. The zero-order chi connectivity index (χ0) is 18.1. The molecule has 2 aromatic rings. The van der Waals surface area contributed by atoms with E-state index >= 15 is 0 Å². The molecule has 1 nitrogen and oxygen atoms in total. The molecule has 0 saturated carbocycles. The molecule has 0 aromatic heterocycles. The highest BCUT2D eigenvalue weighted by Gasteiger charge is 2.06. The van der Waals surface area contributed by atoms with Crippen molar-refractivity contribution in [2.45, 2.75) is 46.5 Å². The molecule has 0 aliphatic rings. The fourth-order valence-electron chi connectivity index (χ4n) is 2.99. The summed E-state index contributed by atoms with van der Waals surface area (Å²) < 4.78 is 5.92. The van der Waals surface area contributed by atoms with Crippen molar-refractivity contribution >= 4 is 5.76 Å². The first kappa shape index (κ1) is 19.3. The molecule has 0 aliphatic heterocycles. The normalized spacial score (nSPS) is 12.2. The summed E-state index contributed by atoms with van der Waals surface area (Å²) in [6.07, 6.45) is 5.02. The fraction of sp³-hybridized carbons (Fsp3) is 0.417. The van der Waals surface area contributed by atoms with Crippen LogP contribution in [0.4, 0.5) is 0 Å². The highest BCUT2D eigenvalue weighted by molar-refractivity contribution is 5.69. The van der Waals surface area contributed by atoms with E-state index in [2.05, 4.69) is 75.9 Å². The van der Waals surface area contributed by atoms with Crippen LogP contribution in [0, 0.1) is 11.8 Å². The molecule has 0 spiro atoms. The third-order valence-corrected chi connectivity index (χ3v) is 4.66. The Bertz CT molecular complexity index is 642. The molecule has 1 heteroatoms. The Morgan fingerprint density at radius 1 is 0.880 bits per heavy atom. The van der Waals surface area contributed by atoms with Crippen LogP contribution in [-0.4, -0.2) is 6.61 Å². The molecule has 0 radical (unpaired) electrons. The van der Waals surface area contributed by atoms with Crippen molar-refractivity contribution < 1.29 is 4.74 Å². The van der Waals surface area contributed by atoms with Crippen LogP contribution in [0.3, 0.4) is 0 Å². The van der Waals surface area contributed by atoms with E-state index in [4.69, 9.17) is 4.74 Å². The van der Waals surface area contributed by atoms with E-state index in [1.165, 1.54) is 30.4 Å². The van der Waals surface area contributed by atoms with Gasteiger partial charge in [-0.2, -0.15) is 0 Å². The van der Waals surface area contributed by atoms with E-state index in [-0.39, 0.29) is 0 Å². The van der Waals surface area contributed by atoms with Crippen molar-refractivity contribution in [3.63, 3.8) is 0 Å². The standard InChI is InChI=1S/C24H32O/c1-19(2)10-8-11-20(3)16-17-25-21(4)23-14-9-15-24(18-23)22-12-6-5-7-13-22/h5-7,9,12-15,18-20H,4,8,10-11,16-17H2,1-3H3. The van der Waals surface area contributed by atoms with E-state index in [9.17, 15) is 0 Å². The van der Waals surface area contributed by atoms with Gasteiger partial charge in [-0.05, 0) is 35.4 Å². The van der Waals surface area contributed by atoms with Crippen LogP contribution >= 0.6 is 0 Å². The molecule has 0 fully saturated rings. The van der Waals surface area contributed by atoms with E-state index in [1.807, 2.05) is 6.07 Å². The molecule has 1 atom stereocenters. The van der Waals surface area contributed by atoms with Crippen LogP contribution in [0.2, 0.25) is 0 Å². The minimum atomic E-state index is 0.710. The second kappa shape index (κ2) is 10.1. The summed E-state index contributed by atoms with van der Waals surface area (Å²) in [5.41, 5.74) is 3.48. The Morgan fingerprint density at radius 2 is 1.60 bits per heavy atom. The Kier molecular flexibility index (Phi) is 7.78. The van der Waals surface area contributed by atoms with Gasteiger partial charge in [0.05, 0.1) is 6.61 Å². The molecule has 2 rings (SSSR count).